The molecular formula is C23H30N2O5. The summed E-state index contributed by atoms with van der Waals surface area (Å²) in [6.07, 6.45) is 1.96. The van der Waals surface area contributed by atoms with Crippen molar-refractivity contribution in [1.29, 1.82) is 0 Å². The van der Waals surface area contributed by atoms with Crippen LogP contribution >= 0.6 is 0 Å². The van der Waals surface area contributed by atoms with Gasteiger partial charge in [0.25, 0.3) is 0 Å². The zero-order chi connectivity index (χ0) is 20.8. The summed E-state index contributed by atoms with van der Waals surface area (Å²) in [5.74, 6) is 3.35. The summed E-state index contributed by atoms with van der Waals surface area (Å²) in [5.41, 5.74) is 1.07. The number of amides is 1. The highest BCUT2D eigenvalue weighted by Gasteiger charge is 2.25. The second-order valence-corrected chi connectivity index (χ2v) is 7.75. The van der Waals surface area contributed by atoms with Crippen LogP contribution in [0.3, 0.4) is 0 Å². The number of fused-ring (bicyclic) bond motifs is 1. The van der Waals surface area contributed by atoms with Crippen LogP contribution in [0.5, 0.6) is 11.5 Å². The van der Waals surface area contributed by atoms with E-state index in [1.54, 1.807) is 0 Å². The highest BCUT2D eigenvalue weighted by molar-refractivity contribution is 5.76. The minimum absolute atomic E-state index is 0.0181. The maximum atomic E-state index is 12.5. The zero-order valence-corrected chi connectivity index (χ0v) is 17.5. The number of nitrogens with zero attached hydrogens (tertiary/aromatic N) is 1. The Morgan fingerprint density at radius 3 is 2.63 bits per heavy atom. The molecule has 0 spiro atoms. The minimum Gasteiger partial charge on any atom is -0.490 e. The van der Waals surface area contributed by atoms with Crippen LogP contribution in [0, 0.1) is 6.92 Å². The fourth-order valence-corrected chi connectivity index (χ4v) is 3.85. The second kappa shape index (κ2) is 10.00. The van der Waals surface area contributed by atoms with E-state index in [0.717, 1.165) is 48.1 Å². The number of rotatable bonds is 7. The minimum atomic E-state index is 0.0181. The third-order valence-electron chi connectivity index (χ3n) is 5.52. The number of hydrogen-bond donors (Lipinski definition) is 1. The molecule has 1 aromatic heterocycles. The van der Waals surface area contributed by atoms with Gasteiger partial charge in [-0.05, 0) is 43.2 Å². The lowest BCUT2D eigenvalue weighted by atomic mass is 10.1. The summed E-state index contributed by atoms with van der Waals surface area (Å²) in [7, 11) is 0. The first-order valence-electron chi connectivity index (χ1n) is 10.7. The first kappa shape index (κ1) is 20.8. The first-order valence-corrected chi connectivity index (χ1v) is 10.7. The Kier molecular flexibility index (Phi) is 6.92. The highest BCUT2D eigenvalue weighted by atomic mass is 16.5. The number of nitrogens with one attached hydrogen (secondary N) is 1. The molecule has 0 saturated carbocycles. The predicted molar refractivity (Wildman–Crippen MR) is 112 cm³/mol. The summed E-state index contributed by atoms with van der Waals surface area (Å²) >= 11 is 0. The van der Waals surface area contributed by atoms with E-state index in [1.807, 2.05) is 37.3 Å². The smallest absolute Gasteiger partial charge is 0.220 e. The van der Waals surface area contributed by atoms with Crippen LogP contribution < -0.4 is 14.8 Å². The van der Waals surface area contributed by atoms with E-state index in [9.17, 15) is 4.79 Å². The third kappa shape index (κ3) is 5.34. The van der Waals surface area contributed by atoms with Crippen molar-refractivity contribution in [2.45, 2.75) is 32.2 Å². The summed E-state index contributed by atoms with van der Waals surface area (Å²) in [5, 5.41) is 3.09. The van der Waals surface area contributed by atoms with E-state index < -0.39 is 0 Å². The number of ether oxygens (including phenoxy) is 3. The molecule has 1 amide bonds. The summed E-state index contributed by atoms with van der Waals surface area (Å²) in [4.78, 5) is 14.9. The van der Waals surface area contributed by atoms with Crippen LogP contribution in [0.4, 0.5) is 0 Å². The van der Waals surface area contributed by atoms with Gasteiger partial charge in [-0.25, -0.2) is 0 Å². The van der Waals surface area contributed by atoms with Crippen LogP contribution in [-0.4, -0.2) is 56.9 Å². The second-order valence-electron chi connectivity index (χ2n) is 7.75. The molecule has 4 rings (SSSR count). The van der Waals surface area contributed by atoms with E-state index in [-0.39, 0.29) is 11.9 Å². The number of benzene rings is 1. The molecular weight excluding hydrogens is 384 g/mol. The Morgan fingerprint density at radius 2 is 1.87 bits per heavy atom. The molecule has 3 heterocycles. The Labute approximate surface area is 177 Å². The van der Waals surface area contributed by atoms with E-state index in [1.165, 1.54) is 0 Å². The number of carbonyl (C=O) groups is 1. The Bertz CT molecular complexity index is 844. The van der Waals surface area contributed by atoms with Gasteiger partial charge in [0.2, 0.25) is 5.91 Å². The molecule has 0 radical (unpaired) electrons. The van der Waals surface area contributed by atoms with Gasteiger partial charge in [-0.3, -0.25) is 9.69 Å². The molecule has 1 unspecified atom stereocenters. The molecule has 7 heteroatoms. The molecule has 2 aliphatic heterocycles. The predicted octanol–water partition coefficient (Wildman–Crippen LogP) is 2.87. The standard InChI is InChI=1S/C23H30N2O5/c1-17-3-6-20(30-17)19(25-9-13-27-14-10-25)16-24-23(26)8-5-18-4-7-21-22(15-18)29-12-2-11-28-21/h3-4,6-7,15,19H,2,5,8-14,16H2,1H3,(H,24,26). The molecule has 7 nitrogen and oxygen atoms in total. The molecule has 1 saturated heterocycles. The number of hydrogen-bond acceptors (Lipinski definition) is 6. The lowest BCUT2D eigenvalue weighted by molar-refractivity contribution is -0.121. The normalized spacial score (nSPS) is 17.9. The molecule has 2 aliphatic rings. The molecule has 162 valence electrons. The van der Waals surface area contributed by atoms with Gasteiger partial charge in [-0.2, -0.15) is 0 Å². The third-order valence-corrected chi connectivity index (χ3v) is 5.52. The number of aryl methyl sites for hydroxylation is 2. The summed E-state index contributed by atoms with van der Waals surface area (Å²) in [6.45, 7) is 6.86. The van der Waals surface area contributed by atoms with Crippen molar-refractivity contribution >= 4 is 5.91 Å². The Hall–Kier alpha value is -2.51. The molecule has 1 fully saturated rings. The van der Waals surface area contributed by atoms with Gasteiger partial charge >= 0.3 is 0 Å². The maximum absolute atomic E-state index is 12.5. The maximum Gasteiger partial charge on any atom is 0.220 e. The topological polar surface area (TPSA) is 73.2 Å². The molecule has 0 aliphatic carbocycles. The van der Waals surface area contributed by atoms with E-state index in [2.05, 4.69) is 10.2 Å². The molecule has 30 heavy (non-hydrogen) atoms. The van der Waals surface area contributed by atoms with Crippen LogP contribution in [0.15, 0.2) is 34.7 Å². The Morgan fingerprint density at radius 1 is 1.07 bits per heavy atom. The van der Waals surface area contributed by atoms with Gasteiger partial charge in [0, 0.05) is 32.5 Å². The van der Waals surface area contributed by atoms with Crippen molar-refractivity contribution in [1.82, 2.24) is 10.2 Å². The zero-order valence-electron chi connectivity index (χ0n) is 17.5. The molecule has 1 atom stereocenters. The first-order chi connectivity index (χ1) is 14.7. The average molecular weight is 415 g/mol. The fraction of sp³-hybridized carbons (Fsp3) is 0.522. The lowest BCUT2D eigenvalue weighted by Crippen LogP contribution is -2.43. The fourth-order valence-electron chi connectivity index (χ4n) is 3.85. The van der Waals surface area contributed by atoms with Crippen molar-refractivity contribution in [3.05, 3.63) is 47.4 Å². The molecule has 0 bridgehead atoms. The SMILES string of the molecule is Cc1ccc(C(CNC(=O)CCc2ccc3c(c2)OCCCO3)N2CCOCC2)o1. The number of morpholine rings is 1. The summed E-state index contributed by atoms with van der Waals surface area (Å²) in [6, 6.07) is 9.90. The Balaban J connectivity index is 1.32. The number of furan rings is 1. The summed E-state index contributed by atoms with van der Waals surface area (Å²) < 4.78 is 22.7. The highest BCUT2D eigenvalue weighted by Crippen LogP contribution is 2.30. The van der Waals surface area contributed by atoms with Crippen LogP contribution in [0.1, 0.15) is 36.0 Å². The van der Waals surface area contributed by atoms with Crippen LogP contribution in [-0.2, 0) is 16.0 Å². The van der Waals surface area contributed by atoms with Crippen LogP contribution in [0.2, 0.25) is 0 Å². The largest absolute Gasteiger partial charge is 0.490 e. The van der Waals surface area contributed by atoms with Gasteiger partial charge in [0.05, 0.1) is 32.5 Å². The van der Waals surface area contributed by atoms with Crippen LogP contribution in [0.25, 0.3) is 0 Å². The lowest BCUT2D eigenvalue weighted by Gasteiger charge is -2.33. The van der Waals surface area contributed by atoms with Crippen molar-refractivity contribution in [2.24, 2.45) is 0 Å². The van der Waals surface area contributed by atoms with E-state index in [4.69, 9.17) is 18.6 Å². The van der Waals surface area contributed by atoms with Gasteiger partial charge in [0.1, 0.15) is 11.5 Å². The van der Waals surface area contributed by atoms with Gasteiger partial charge in [-0.15, -0.1) is 0 Å². The van der Waals surface area contributed by atoms with Crippen molar-refractivity contribution < 1.29 is 23.4 Å². The van der Waals surface area contributed by atoms with Gasteiger partial charge < -0.3 is 23.9 Å². The van der Waals surface area contributed by atoms with Gasteiger partial charge in [-0.1, -0.05) is 6.07 Å². The quantitative estimate of drug-likeness (QED) is 0.751. The monoisotopic (exact) mass is 414 g/mol. The van der Waals surface area contributed by atoms with E-state index >= 15 is 0 Å². The van der Waals surface area contributed by atoms with Crippen molar-refractivity contribution in [3.8, 4) is 11.5 Å². The van der Waals surface area contributed by atoms with E-state index in [0.29, 0.717) is 45.8 Å². The molecule has 2 aromatic rings. The number of carbonyl (C=O) groups excluding carboxylic acids is 1. The average Bonchev–Trinajstić information content (AvgIpc) is 3.05. The van der Waals surface area contributed by atoms with Gasteiger partial charge in [0.15, 0.2) is 11.5 Å². The van der Waals surface area contributed by atoms with Crippen molar-refractivity contribution in [2.75, 3.05) is 46.1 Å². The molecule has 1 N–H and O–H groups in total. The molecule has 1 aromatic carbocycles. The van der Waals surface area contributed by atoms with Crippen molar-refractivity contribution in [3.63, 3.8) is 0 Å².